The van der Waals surface area contributed by atoms with Crippen LogP contribution in [0.3, 0.4) is 0 Å². The van der Waals surface area contributed by atoms with Gasteiger partial charge in [-0.2, -0.15) is 0 Å². The Bertz CT molecular complexity index is 594. The third-order valence-electron chi connectivity index (χ3n) is 4.37. The molecule has 1 aromatic carbocycles. The second-order valence-corrected chi connectivity index (χ2v) is 6.75. The lowest BCUT2D eigenvalue weighted by atomic mass is 10.0. The molecule has 1 aromatic rings. The molecule has 2 aliphatic heterocycles. The average Bonchev–Trinajstić information content (AvgIpc) is 2.58. The van der Waals surface area contributed by atoms with E-state index in [1.807, 2.05) is 0 Å². The van der Waals surface area contributed by atoms with Gasteiger partial charge in [0.15, 0.2) is 0 Å². The lowest BCUT2D eigenvalue weighted by Gasteiger charge is -2.36. The summed E-state index contributed by atoms with van der Waals surface area (Å²) in [6, 6.07) is 2.54. The molecule has 2 atom stereocenters. The molecule has 2 unspecified atom stereocenters. The first kappa shape index (κ1) is 17.0. The van der Waals surface area contributed by atoms with Crippen LogP contribution >= 0.6 is 23.2 Å². The Labute approximate surface area is 144 Å². The second-order valence-electron chi connectivity index (χ2n) is 5.93. The number of ether oxygens (including phenoxy) is 1. The maximum atomic E-state index is 13.7. The van der Waals surface area contributed by atoms with Crippen molar-refractivity contribution in [3.05, 3.63) is 33.6 Å². The summed E-state index contributed by atoms with van der Waals surface area (Å²) >= 11 is 11.9. The molecule has 2 saturated heterocycles. The minimum absolute atomic E-state index is 0.0195. The van der Waals surface area contributed by atoms with E-state index in [9.17, 15) is 9.18 Å². The summed E-state index contributed by atoms with van der Waals surface area (Å²) in [5.41, 5.74) is 0.530. The SMILES string of the molecule is O=C(C1CCCCN1)N1CCOC(c2cc(F)c(Cl)cc2Cl)C1. The van der Waals surface area contributed by atoms with Crippen molar-refractivity contribution in [2.24, 2.45) is 0 Å². The summed E-state index contributed by atoms with van der Waals surface area (Å²) in [6.07, 6.45) is 2.59. The van der Waals surface area contributed by atoms with Gasteiger partial charge in [0.05, 0.1) is 24.2 Å². The van der Waals surface area contributed by atoms with Crippen molar-refractivity contribution in [2.45, 2.75) is 31.4 Å². The van der Waals surface area contributed by atoms with Crippen molar-refractivity contribution in [3.63, 3.8) is 0 Å². The van der Waals surface area contributed by atoms with Crippen LogP contribution in [-0.4, -0.2) is 43.1 Å². The molecule has 1 N–H and O–H groups in total. The van der Waals surface area contributed by atoms with Crippen LogP contribution in [0.25, 0.3) is 0 Å². The van der Waals surface area contributed by atoms with Gasteiger partial charge >= 0.3 is 0 Å². The molecular weight excluding hydrogens is 342 g/mol. The highest BCUT2D eigenvalue weighted by Gasteiger charge is 2.31. The summed E-state index contributed by atoms with van der Waals surface area (Å²) in [6.45, 7) is 2.20. The number of nitrogens with one attached hydrogen (secondary N) is 1. The van der Waals surface area contributed by atoms with Gasteiger partial charge in [0, 0.05) is 17.1 Å². The van der Waals surface area contributed by atoms with Crippen LogP contribution in [0, 0.1) is 5.82 Å². The highest BCUT2D eigenvalue weighted by molar-refractivity contribution is 6.35. The van der Waals surface area contributed by atoms with E-state index in [-0.39, 0.29) is 17.0 Å². The van der Waals surface area contributed by atoms with Gasteiger partial charge < -0.3 is 15.0 Å². The largest absolute Gasteiger partial charge is 0.370 e. The van der Waals surface area contributed by atoms with Gasteiger partial charge in [-0.15, -0.1) is 0 Å². The summed E-state index contributed by atoms with van der Waals surface area (Å²) < 4.78 is 19.4. The van der Waals surface area contributed by atoms with E-state index < -0.39 is 11.9 Å². The molecule has 0 bridgehead atoms. The van der Waals surface area contributed by atoms with Gasteiger partial charge in [-0.3, -0.25) is 4.79 Å². The van der Waals surface area contributed by atoms with Gasteiger partial charge in [0.1, 0.15) is 11.9 Å². The second kappa shape index (κ2) is 7.34. The number of carbonyl (C=O) groups excluding carboxylic acids is 1. The number of amides is 1. The third kappa shape index (κ3) is 3.79. The number of morpholine rings is 1. The highest BCUT2D eigenvalue weighted by Crippen LogP contribution is 2.32. The Hall–Kier alpha value is -0.880. The van der Waals surface area contributed by atoms with Gasteiger partial charge in [-0.1, -0.05) is 29.6 Å². The lowest BCUT2D eigenvalue weighted by molar-refractivity contribution is -0.141. The van der Waals surface area contributed by atoms with Gasteiger partial charge in [0.2, 0.25) is 5.91 Å². The van der Waals surface area contributed by atoms with Crippen LogP contribution in [0.2, 0.25) is 10.0 Å². The zero-order valence-corrected chi connectivity index (χ0v) is 14.2. The molecule has 23 heavy (non-hydrogen) atoms. The fourth-order valence-corrected chi connectivity index (χ4v) is 3.61. The van der Waals surface area contributed by atoms with E-state index >= 15 is 0 Å². The summed E-state index contributed by atoms with van der Waals surface area (Å²) in [4.78, 5) is 14.4. The molecule has 0 aromatic heterocycles. The molecule has 0 radical (unpaired) electrons. The van der Waals surface area contributed by atoms with Gasteiger partial charge in [-0.05, 0) is 31.5 Å². The maximum Gasteiger partial charge on any atom is 0.239 e. The van der Waals surface area contributed by atoms with E-state index in [0.717, 1.165) is 25.8 Å². The predicted molar refractivity (Wildman–Crippen MR) is 87.3 cm³/mol. The van der Waals surface area contributed by atoms with Crippen molar-refractivity contribution in [3.8, 4) is 0 Å². The maximum absolute atomic E-state index is 13.7. The van der Waals surface area contributed by atoms with Crippen LogP contribution in [0.5, 0.6) is 0 Å². The van der Waals surface area contributed by atoms with Crippen LogP contribution in [0.4, 0.5) is 4.39 Å². The quantitative estimate of drug-likeness (QED) is 0.823. The summed E-state index contributed by atoms with van der Waals surface area (Å²) in [7, 11) is 0. The minimum Gasteiger partial charge on any atom is -0.370 e. The molecule has 7 heteroatoms. The number of nitrogens with zero attached hydrogens (tertiary/aromatic N) is 1. The fraction of sp³-hybridized carbons (Fsp3) is 0.562. The number of piperidine rings is 1. The van der Waals surface area contributed by atoms with Gasteiger partial charge in [-0.25, -0.2) is 4.39 Å². The number of rotatable bonds is 2. The van der Waals surface area contributed by atoms with Crippen LogP contribution in [0.1, 0.15) is 30.9 Å². The molecule has 2 aliphatic rings. The van der Waals surface area contributed by atoms with E-state index in [2.05, 4.69) is 5.32 Å². The van der Waals surface area contributed by atoms with Crippen LogP contribution in [-0.2, 0) is 9.53 Å². The van der Waals surface area contributed by atoms with Crippen molar-refractivity contribution in [1.82, 2.24) is 10.2 Å². The van der Waals surface area contributed by atoms with Crippen molar-refractivity contribution < 1.29 is 13.9 Å². The van der Waals surface area contributed by atoms with E-state index in [1.54, 1.807) is 4.90 Å². The van der Waals surface area contributed by atoms with Gasteiger partial charge in [0.25, 0.3) is 0 Å². The molecule has 2 fully saturated rings. The monoisotopic (exact) mass is 360 g/mol. The number of hydrogen-bond acceptors (Lipinski definition) is 3. The third-order valence-corrected chi connectivity index (χ3v) is 4.99. The smallest absolute Gasteiger partial charge is 0.239 e. The minimum atomic E-state index is -0.535. The Morgan fingerprint density at radius 1 is 1.30 bits per heavy atom. The molecule has 0 aliphatic carbocycles. The van der Waals surface area contributed by atoms with Crippen molar-refractivity contribution >= 4 is 29.1 Å². The molecule has 2 heterocycles. The molecule has 126 valence electrons. The first-order chi connectivity index (χ1) is 11.1. The topological polar surface area (TPSA) is 41.6 Å². The number of hydrogen-bond donors (Lipinski definition) is 1. The average molecular weight is 361 g/mol. The number of carbonyl (C=O) groups is 1. The van der Waals surface area contributed by atoms with Crippen LogP contribution in [0.15, 0.2) is 12.1 Å². The first-order valence-electron chi connectivity index (χ1n) is 7.84. The Morgan fingerprint density at radius 3 is 2.87 bits per heavy atom. The number of halogens is 3. The molecule has 4 nitrogen and oxygen atoms in total. The summed E-state index contributed by atoms with van der Waals surface area (Å²) in [5.74, 6) is -0.448. The Balaban J connectivity index is 1.73. The Kier molecular flexibility index (Phi) is 5.42. The van der Waals surface area contributed by atoms with E-state index in [0.29, 0.717) is 30.3 Å². The first-order valence-corrected chi connectivity index (χ1v) is 8.60. The van der Waals surface area contributed by atoms with Crippen molar-refractivity contribution in [2.75, 3.05) is 26.2 Å². The highest BCUT2D eigenvalue weighted by atomic mass is 35.5. The zero-order chi connectivity index (χ0) is 16.4. The summed E-state index contributed by atoms with van der Waals surface area (Å²) in [5, 5.41) is 3.60. The molecule has 1 amide bonds. The van der Waals surface area contributed by atoms with E-state index in [1.165, 1.54) is 12.1 Å². The lowest BCUT2D eigenvalue weighted by Crippen LogP contribution is -2.52. The Morgan fingerprint density at radius 2 is 2.13 bits per heavy atom. The predicted octanol–water partition coefficient (Wildman–Crippen LogP) is 3.17. The van der Waals surface area contributed by atoms with E-state index in [4.69, 9.17) is 27.9 Å². The van der Waals surface area contributed by atoms with Crippen molar-refractivity contribution in [1.29, 1.82) is 0 Å². The molecular formula is C16H19Cl2FN2O2. The molecule has 0 saturated carbocycles. The molecule has 0 spiro atoms. The fourth-order valence-electron chi connectivity index (χ4n) is 3.11. The normalized spacial score (nSPS) is 25.4. The molecule has 3 rings (SSSR count). The standard InChI is InChI=1S/C16H19Cl2FN2O2/c17-11-8-12(18)13(19)7-10(11)15-9-21(5-6-23-15)16(22)14-3-1-2-4-20-14/h7-8,14-15,20H,1-6,9H2. The van der Waals surface area contributed by atoms with Crippen LogP contribution < -0.4 is 5.32 Å². The number of benzene rings is 1. The zero-order valence-electron chi connectivity index (χ0n) is 12.7.